The van der Waals surface area contributed by atoms with Crippen molar-refractivity contribution in [1.29, 1.82) is 0 Å². The van der Waals surface area contributed by atoms with E-state index in [1.165, 1.54) is 34.6 Å². The maximum Gasteiger partial charge on any atom is 0.109 e. The zero-order chi connectivity index (χ0) is 14.3. The number of rotatable bonds is 2. The van der Waals surface area contributed by atoms with Crippen molar-refractivity contribution < 1.29 is 0 Å². The zero-order valence-corrected chi connectivity index (χ0v) is 12.6. The molecule has 0 aliphatic carbocycles. The molecule has 20 heavy (non-hydrogen) atoms. The minimum atomic E-state index is 0.560. The fraction of sp³-hybridized carbons (Fsp3) is 0.471. The van der Waals surface area contributed by atoms with E-state index in [2.05, 4.69) is 43.5 Å². The Morgan fingerprint density at radius 3 is 2.90 bits per heavy atom. The summed E-state index contributed by atoms with van der Waals surface area (Å²) in [5.74, 6) is 1.93. The van der Waals surface area contributed by atoms with E-state index in [9.17, 15) is 0 Å². The van der Waals surface area contributed by atoms with Crippen LogP contribution < -0.4 is 5.73 Å². The van der Waals surface area contributed by atoms with Crippen LogP contribution in [0.5, 0.6) is 0 Å². The molecule has 0 saturated carbocycles. The smallest absolute Gasteiger partial charge is 0.109 e. The second-order valence-electron chi connectivity index (χ2n) is 6.10. The molecule has 0 bridgehead atoms. The first-order chi connectivity index (χ1) is 9.60. The van der Waals surface area contributed by atoms with Crippen LogP contribution in [0.3, 0.4) is 0 Å². The number of aryl methyl sites for hydroxylation is 2. The van der Waals surface area contributed by atoms with E-state index >= 15 is 0 Å². The Morgan fingerprint density at radius 2 is 2.15 bits per heavy atom. The van der Waals surface area contributed by atoms with Crippen LogP contribution in [0.15, 0.2) is 18.2 Å². The number of hydrogen-bond acceptors (Lipinski definition) is 2. The summed E-state index contributed by atoms with van der Waals surface area (Å²) in [5, 5.41) is 0. The van der Waals surface area contributed by atoms with Crippen molar-refractivity contribution in [2.24, 2.45) is 11.7 Å². The third kappa shape index (κ3) is 2.16. The fourth-order valence-electron chi connectivity index (χ4n) is 3.13. The number of fused-ring (bicyclic) bond motifs is 1. The van der Waals surface area contributed by atoms with Gasteiger partial charge in [-0.3, -0.25) is 0 Å². The Morgan fingerprint density at radius 1 is 1.35 bits per heavy atom. The Labute approximate surface area is 120 Å². The Bertz CT molecular complexity index is 640. The topological polar surface area (TPSA) is 43.8 Å². The molecule has 3 nitrogen and oxygen atoms in total. The predicted molar refractivity (Wildman–Crippen MR) is 82.5 cm³/mol. The van der Waals surface area contributed by atoms with Gasteiger partial charge in [0.05, 0.1) is 11.4 Å². The van der Waals surface area contributed by atoms with Gasteiger partial charge < -0.3 is 10.3 Å². The van der Waals surface area contributed by atoms with Gasteiger partial charge in [-0.25, -0.2) is 4.98 Å². The summed E-state index contributed by atoms with van der Waals surface area (Å²) in [5.41, 5.74) is 12.1. The van der Waals surface area contributed by atoms with Gasteiger partial charge in [0.2, 0.25) is 0 Å². The van der Waals surface area contributed by atoms with Gasteiger partial charge in [-0.05, 0) is 37.8 Å². The van der Waals surface area contributed by atoms with Crippen molar-refractivity contribution in [3.05, 3.63) is 40.8 Å². The minimum Gasteiger partial charge on any atom is -0.330 e. The number of hydrogen-bond donors (Lipinski definition) is 1. The van der Waals surface area contributed by atoms with E-state index in [1.54, 1.807) is 0 Å². The Hall–Kier alpha value is -1.61. The average molecular weight is 269 g/mol. The van der Waals surface area contributed by atoms with Crippen molar-refractivity contribution in [2.75, 3.05) is 0 Å². The van der Waals surface area contributed by atoms with Crippen LogP contribution in [-0.4, -0.2) is 9.55 Å². The lowest BCUT2D eigenvalue weighted by atomic mass is 10.00. The summed E-state index contributed by atoms with van der Waals surface area (Å²) in [4.78, 5) is 4.93. The lowest BCUT2D eigenvalue weighted by Crippen LogP contribution is -2.20. The molecule has 0 saturated heterocycles. The van der Waals surface area contributed by atoms with Crippen molar-refractivity contribution in [3.8, 4) is 11.3 Å². The Balaban J connectivity index is 2.16. The molecule has 1 aliphatic heterocycles. The maximum absolute atomic E-state index is 6.02. The van der Waals surface area contributed by atoms with Gasteiger partial charge in [0.25, 0.3) is 0 Å². The normalized spacial score (nSPS) is 18.1. The van der Waals surface area contributed by atoms with Crippen LogP contribution in [0.1, 0.15) is 36.0 Å². The second kappa shape index (κ2) is 5.06. The second-order valence-corrected chi connectivity index (χ2v) is 6.10. The summed E-state index contributed by atoms with van der Waals surface area (Å²) in [6.45, 7) is 8.20. The number of nitrogens with two attached hydrogens (primary N) is 1. The van der Waals surface area contributed by atoms with Gasteiger partial charge in [-0.2, -0.15) is 0 Å². The summed E-state index contributed by atoms with van der Waals surface area (Å²) >= 11 is 0. The van der Waals surface area contributed by atoms with Gasteiger partial charge in [0, 0.05) is 25.1 Å². The lowest BCUT2D eigenvalue weighted by Gasteiger charge is -2.21. The molecule has 3 rings (SSSR count). The van der Waals surface area contributed by atoms with Gasteiger partial charge in [0.1, 0.15) is 5.82 Å². The van der Waals surface area contributed by atoms with Crippen LogP contribution in [0.2, 0.25) is 0 Å². The van der Waals surface area contributed by atoms with E-state index < -0.39 is 0 Å². The monoisotopic (exact) mass is 269 g/mol. The molecule has 2 aromatic rings. The highest BCUT2D eigenvalue weighted by Gasteiger charge is 2.23. The highest BCUT2D eigenvalue weighted by atomic mass is 15.1. The van der Waals surface area contributed by atoms with Crippen molar-refractivity contribution in [3.63, 3.8) is 0 Å². The van der Waals surface area contributed by atoms with E-state index in [4.69, 9.17) is 10.7 Å². The number of nitrogens with zero attached hydrogens (tertiary/aromatic N) is 2. The number of imidazole rings is 1. The molecule has 106 valence electrons. The standard InChI is InChI=1S/C17H23N3/c1-11-4-5-13(3)14(8-11)17-15(10-18)20-7-6-12(2)9-16(20)19-17/h4-5,8,12H,6-7,9-10,18H2,1-3H3. The van der Waals surface area contributed by atoms with Crippen molar-refractivity contribution >= 4 is 0 Å². The number of benzene rings is 1. The van der Waals surface area contributed by atoms with Gasteiger partial charge in [-0.15, -0.1) is 0 Å². The molecule has 1 aliphatic rings. The molecule has 1 aromatic heterocycles. The lowest BCUT2D eigenvalue weighted by molar-refractivity contribution is 0.403. The third-order valence-corrected chi connectivity index (χ3v) is 4.37. The summed E-state index contributed by atoms with van der Waals surface area (Å²) in [6, 6.07) is 6.55. The molecule has 2 N–H and O–H groups in total. The minimum absolute atomic E-state index is 0.560. The van der Waals surface area contributed by atoms with E-state index in [1.807, 2.05) is 0 Å². The Kier molecular flexibility index (Phi) is 3.38. The van der Waals surface area contributed by atoms with E-state index in [-0.39, 0.29) is 0 Å². The van der Waals surface area contributed by atoms with Crippen molar-refractivity contribution in [2.45, 2.75) is 46.7 Å². The molecular weight excluding hydrogens is 246 g/mol. The van der Waals surface area contributed by atoms with E-state index in [0.717, 1.165) is 24.6 Å². The molecule has 0 radical (unpaired) electrons. The molecule has 1 aromatic carbocycles. The molecule has 0 spiro atoms. The van der Waals surface area contributed by atoms with Crippen LogP contribution >= 0.6 is 0 Å². The SMILES string of the molecule is Cc1ccc(C)c(-c2nc3n(c2CN)CCC(C)C3)c1. The number of aromatic nitrogens is 2. The molecule has 0 fully saturated rings. The predicted octanol–water partition coefficient (Wildman–Crippen LogP) is 3.21. The van der Waals surface area contributed by atoms with Crippen LogP contribution in [0, 0.1) is 19.8 Å². The molecule has 1 atom stereocenters. The molecule has 2 heterocycles. The van der Waals surface area contributed by atoms with Crippen LogP contribution in [0.25, 0.3) is 11.3 Å². The van der Waals surface area contributed by atoms with E-state index in [0.29, 0.717) is 6.54 Å². The molecule has 0 amide bonds. The van der Waals surface area contributed by atoms with Gasteiger partial charge in [-0.1, -0.05) is 24.6 Å². The fourth-order valence-corrected chi connectivity index (χ4v) is 3.13. The molecular formula is C17H23N3. The highest BCUT2D eigenvalue weighted by molar-refractivity contribution is 5.67. The average Bonchev–Trinajstić information content (AvgIpc) is 2.78. The maximum atomic E-state index is 6.02. The first-order valence-corrected chi connectivity index (χ1v) is 7.46. The first kappa shape index (κ1) is 13.4. The summed E-state index contributed by atoms with van der Waals surface area (Å²) < 4.78 is 2.34. The largest absolute Gasteiger partial charge is 0.330 e. The molecule has 3 heteroatoms. The van der Waals surface area contributed by atoms with Crippen LogP contribution in [-0.2, 0) is 19.5 Å². The first-order valence-electron chi connectivity index (χ1n) is 7.46. The van der Waals surface area contributed by atoms with Crippen LogP contribution in [0.4, 0.5) is 0 Å². The summed E-state index contributed by atoms with van der Waals surface area (Å²) in [6.07, 6.45) is 2.29. The van der Waals surface area contributed by atoms with Gasteiger partial charge in [0.15, 0.2) is 0 Å². The zero-order valence-electron chi connectivity index (χ0n) is 12.6. The van der Waals surface area contributed by atoms with Crippen molar-refractivity contribution in [1.82, 2.24) is 9.55 Å². The third-order valence-electron chi connectivity index (χ3n) is 4.37. The highest BCUT2D eigenvalue weighted by Crippen LogP contribution is 2.31. The molecule has 1 unspecified atom stereocenters. The summed E-state index contributed by atoms with van der Waals surface area (Å²) in [7, 11) is 0. The van der Waals surface area contributed by atoms with Gasteiger partial charge >= 0.3 is 0 Å². The quantitative estimate of drug-likeness (QED) is 0.909.